The molecule has 0 aromatic carbocycles. The zero-order valence-electron chi connectivity index (χ0n) is 8.32. The van der Waals surface area contributed by atoms with Gasteiger partial charge in [-0.3, -0.25) is 4.90 Å². The third-order valence-electron chi connectivity index (χ3n) is 2.46. The topological polar surface area (TPSA) is 41.0 Å². The largest absolute Gasteiger partial charge is 0.315 e. The Morgan fingerprint density at radius 3 is 3.21 bits per heavy atom. The monoisotopic (exact) mass is 192 g/mol. The van der Waals surface area contributed by atoms with Gasteiger partial charge in [0, 0.05) is 25.8 Å². The molecule has 0 spiro atoms. The van der Waals surface area contributed by atoms with E-state index in [1.807, 2.05) is 6.07 Å². The van der Waals surface area contributed by atoms with Crippen LogP contribution in [0, 0.1) is 0 Å². The lowest BCUT2D eigenvalue weighted by atomic mass is 10.3. The normalized spacial score (nSPS) is 19.1. The van der Waals surface area contributed by atoms with Crippen molar-refractivity contribution < 1.29 is 0 Å². The smallest absolute Gasteiger partial charge is 0.115 e. The van der Waals surface area contributed by atoms with Crippen molar-refractivity contribution >= 4 is 0 Å². The predicted molar refractivity (Wildman–Crippen MR) is 54.8 cm³/mol. The van der Waals surface area contributed by atoms with Gasteiger partial charge >= 0.3 is 0 Å². The van der Waals surface area contributed by atoms with Crippen molar-refractivity contribution in [2.75, 3.05) is 26.2 Å². The standard InChI is InChI=1S/C10H16N4/c1-3-11-5-7-14(6-1)8-10-2-4-12-9-13-10/h2,4,9,11H,1,3,5-8H2. The van der Waals surface area contributed by atoms with E-state index in [0.29, 0.717) is 0 Å². The summed E-state index contributed by atoms with van der Waals surface area (Å²) < 4.78 is 0. The number of rotatable bonds is 2. The minimum atomic E-state index is 0.949. The Kier molecular flexibility index (Phi) is 3.43. The Bertz CT molecular complexity index is 254. The third-order valence-corrected chi connectivity index (χ3v) is 2.46. The molecule has 1 saturated heterocycles. The highest BCUT2D eigenvalue weighted by molar-refractivity contribution is 4.97. The summed E-state index contributed by atoms with van der Waals surface area (Å²) >= 11 is 0. The van der Waals surface area contributed by atoms with Gasteiger partial charge in [-0.2, -0.15) is 0 Å². The van der Waals surface area contributed by atoms with Crippen molar-refractivity contribution in [3.8, 4) is 0 Å². The molecular weight excluding hydrogens is 176 g/mol. The molecule has 1 aromatic rings. The molecule has 1 aliphatic heterocycles. The average molecular weight is 192 g/mol. The molecule has 0 atom stereocenters. The maximum Gasteiger partial charge on any atom is 0.115 e. The van der Waals surface area contributed by atoms with Gasteiger partial charge in [-0.15, -0.1) is 0 Å². The minimum Gasteiger partial charge on any atom is -0.315 e. The van der Waals surface area contributed by atoms with Crippen molar-refractivity contribution in [3.63, 3.8) is 0 Å². The van der Waals surface area contributed by atoms with Crippen LogP contribution in [-0.2, 0) is 6.54 Å². The summed E-state index contributed by atoms with van der Waals surface area (Å²) in [4.78, 5) is 10.6. The predicted octanol–water partition coefficient (Wildman–Crippen LogP) is 0.272. The summed E-state index contributed by atoms with van der Waals surface area (Å²) in [5.74, 6) is 0. The van der Waals surface area contributed by atoms with Crippen LogP contribution in [-0.4, -0.2) is 41.0 Å². The van der Waals surface area contributed by atoms with Crippen LogP contribution in [0.5, 0.6) is 0 Å². The number of aromatic nitrogens is 2. The minimum absolute atomic E-state index is 0.949. The Morgan fingerprint density at radius 2 is 2.36 bits per heavy atom. The first-order chi connectivity index (χ1) is 6.95. The van der Waals surface area contributed by atoms with Crippen molar-refractivity contribution in [1.82, 2.24) is 20.2 Å². The SMILES string of the molecule is c1cc(CN2CCCNCC2)ncn1. The van der Waals surface area contributed by atoms with E-state index in [1.165, 1.54) is 6.42 Å². The Hall–Kier alpha value is -1.00. The van der Waals surface area contributed by atoms with E-state index < -0.39 is 0 Å². The van der Waals surface area contributed by atoms with Gasteiger partial charge in [0.25, 0.3) is 0 Å². The molecule has 1 aliphatic rings. The first kappa shape index (κ1) is 9.55. The van der Waals surface area contributed by atoms with E-state index in [4.69, 9.17) is 0 Å². The molecule has 0 unspecified atom stereocenters. The lowest BCUT2D eigenvalue weighted by Gasteiger charge is -2.18. The van der Waals surface area contributed by atoms with Crippen LogP contribution in [0.25, 0.3) is 0 Å². The van der Waals surface area contributed by atoms with Gasteiger partial charge in [0.15, 0.2) is 0 Å². The number of nitrogens with one attached hydrogen (secondary N) is 1. The lowest BCUT2D eigenvalue weighted by molar-refractivity contribution is 0.281. The van der Waals surface area contributed by atoms with Crippen molar-refractivity contribution in [2.24, 2.45) is 0 Å². The van der Waals surface area contributed by atoms with Gasteiger partial charge in [0.1, 0.15) is 6.33 Å². The van der Waals surface area contributed by atoms with E-state index >= 15 is 0 Å². The first-order valence-electron chi connectivity index (χ1n) is 5.13. The summed E-state index contributed by atoms with van der Waals surface area (Å²) in [5, 5.41) is 3.39. The molecule has 1 N–H and O–H groups in total. The molecule has 4 heteroatoms. The fourth-order valence-electron chi connectivity index (χ4n) is 1.70. The average Bonchev–Trinajstić information content (AvgIpc) is 2.48. The fourth-order valence-corrected chi connectivity index (χ4v) is 1.70. The molecule has 0 radical (unpaired) electrons. The van der Waals surface area contributed by atoms with Crippen LogP contribution >= 0.6 is 0 Å². The summed E-state index contributed by atoms with van der Waals surface area (Å²) in [5.41, 5.74) is 1.11. The van der Waals surface area contributed by atoms with Gasteiger partial charge in [-0.25, -0.2) is 9.97 Å². The zero-order valence-corrected chi connectivity index (χ0v) is 8.32. The quantitative estimate of drug-likeness (QED) is 0.730. The molecule has 1 aromatic heterocycles. The highest BCUT2D eigenvalue weighted by Gasteiger charge is 2.08. The second-order valence-electron chi connectivity index (χ2n) is 3.58. The van der Waals surface area contributed by atoms with Crippen molar-refractivity contribution in [1.29, 1.82) is 0 Å². The van der Waals surface area contributed by atoms with Gasteiger partial charge in [0.05, 0.1) is 5.69 Å². The van der Waals surface area contributed by atoms with E-state index in [9.17, 15) is 0 Å². The maximum absolute atomic E-state index is 4.23. The molecule has 2 rings (SSSR count). The molecule has 2 heterocycles. The molecule has 14 heavy (non-hydrogen) atoms. The van der Waals surface area contributed by atoms with Crippen LogP contribution in [0.4, 0.5) is 0 Å². The first-order valence-corrected chi connectivity index (χ1v) is 5.13. The van der Waals surface area contributed by atoms with Crippen LogP contribution in [0.2, 0.25) is 0 Å². The molecular formula is C10H16N4. The highest BCUT2D eigenvalue weighted by Crippen LogP contribution is 2.02. The van der Waals surface area contributed by atoms with Crippen LogP contribution in [0.3, 0.4) is 0 Å². The number of nitrogens with zero attached hydrogens (tertiary/aromatic N) is 3. The summed E-state index contributed by atoms with van der Waals surface area (Å²) in [6.45, 7) is 5.45. The van der Waals surface area contributed by atoms with E-state index in [2.05, 4.69) is 20.2 Å². The summed E-state index contributed by atoms with van der Waals surface area (Å²) in [7, 11) is 0. The molecule has 1 fully saturated rings. The molecule has 0 amide bonds. The van der Waals surface area contributed by atoms with Crippen LogP contribution in [0.15, 0.2) is 18.6 Å². The second-order valence-corrected chi connectivity index (χ2v) is 3.58. The molecule has 76 valence electrons. The van der Waals surface area contributed by atoms with Crippen LogP contribution < -0.4 is 5.32 Å². The molecule has 0 saturated carbocycles. The molecule has 0 bridgehead atoms. The van der Waals surface area contributed by atoms with Gasteiger partial charge in [0.2, 0.25) is 0 Å². The summed E-state index contributed by atoms with van der Waals surface area (Å²) in [6.07, 6.45) is 4.65. The third kappa shape index (κ3) is 2.75. The van der Waals surface area contributed by atoms with Gasteiger partial charge in [-0.1, -0.05) is 0 Å². The zero-order chi connectivity index (χ0) is 9.64. The van der Waals surface area contributed by atoms with Crippen LogP contribution in [0.1, 0.15) is 12.1 Å². The van der Waals surface area contributed by atoms with Crippen molar-refractivity contribution in [3.05, 3.63) is 24.3 Å². The van der Waals surface area contributed by atoms with E-state index in [1.54, 1.807) is 12.5 Å². The molecule has 4 nitrogen and oxygen atoms in total. The van der Waals surface area contributed by atoms with Crippen molar-refractivity contribution in [2.45, 2.75) is 13.0 Å². The number of hydrogen-bond acceptors (Lipinski definition) is 4. The lowest BCUT2D eigenvalue weighted by Crippen LogP contribution is -2.27. The fraction of sp³-hybridized carbons (Fsp3) is 0.600. The van der Waals surface area contributed by atoms with Gasteiger partial charge < -0.3 is 5.32 Å². The highest BCUT2D eigenvalue weighted by atomic mass is 15.2. The van der Waals surface area contributed by atoms with Gasteiger partial charge in [-0.05, 0) is 25.6 Å². The number of hydrogen-bond donors (Lipinski definition) is 1. The second kappa shape index (κ2) is 5.02. The van der Waals surface area contributed by atoms with E-state index in [0.717, 1.165) is 38.4 Å². The molecule has 0 aliphatic carbocycles. The van der Waals surface area contributed by atoms with E-state index in [-0.39, 0.29) is 0 Å². The Labute approximate surface area is 84.4 Å². The maximum atomic E-state index is 4.23. The Morgan fingerprint density at radius 1 is 1.36 bits per heavy atom. The Balaban J connectivity index is 1.90. The summed E-state index contributed by atoms with van der Waals surface area (Å²) in [6, 6.07) is 1.98.